The van der Waals surface area contributed by atoms with E-state index in [1.165, 1.54) is 23.8 Å². The van der Waals surface area contributed by atoms with Crippen molar-refractivity contribution in [3.63, 3.8) is 0 Å². The predicted octanol–water partition coefficient (Wildman–Crippen LogP) is 3.60. The van der Waals surface area contributed by atoms with Gasteiger partial charge in [-0.25, -0.2) is 8.42 Å². The van der Waals surface area contributed by atoms with Crippen molar-refractivity contribution in [1.82, 2.24) is 4.90 Å². The van der Waals surface area contributed by atoms with Crippen molar-refractivity contribution in [2.45, 2.75) is 32.1 Å². The summed E-state index contributed by atoms with van der Waals surface area (Å²) in [5.41, 5.74) is 3.53. The number of carboxylic acids is 1. The monoisotopic (exact) mass is 444 g/mol. The second-order valence-electron chi connectivity index (χ2n) is 8.82. The number of piperidine rings is 1. The Labute approximate surface area is 185 Å². The maximum absolute atomic E-state index is 11.5. The van der Waals surface area contributed by atoms with Crippen LogP contribution in [0.4, 0.5) is 5.69 Å². The molecule has 0 bridgehead atoms. The lowest BCUT2D eigenvalue weighted by atomic mass is 9.92. The van der Waals surface area contributed by atoms with Crippen molar-refractivity contribution in [2.75, 3.05) is 30.6 Å². The van der Waals surface area contributed by atoms with Crippen LogP contribution in [0.2, 0.25) is 0 Å². The first-order valence-electron chi connectivity index (χ1n) is 10.6. The molecule has 31 heavy (non-hydrogen) atoms. The fourth-order valence-corrected chi connectivity index (χ4v) is 5.41. The van der Waals surface area contributed by atoms with Crippen LogP contribution in [0.25, 0.3) is 0 Å². The Morgan fingerprint density at radius 2 is 1.74 bits per heavy atom. The quantitative estimate of drug-likeness (QED) is 0.681. The van der Waals surface area contributed by atoms with Crippen LogP contribution in [0, 0.1) is 11.8 Å². The van der Waals surface area contributed by atoms with Crippen LogP contribution in [0.3, 0.4) is 0 Å². The van der Waals surface area contributed by atoms with Crippen LogP contribution in [0.1, 0.15) is 31.4 Å². The number of anilines is 1. The summed E-state index contributed by atoms with van der Waals surface area (Å²) in [6, 6.07) is 18.6. The molecule has 2 aliphatic rings. The average molecular weight is 445 g/mol. The number of hydrogen-bond donors (Lipinski definition) is 2. The third-order valence-corrected chi connectivity index (χ3v) is 7.00. The van der Waals surface area contributed by atoms with Crippen LogP contribution < -0.4 is 4.72 Å². The van der Waals surface area contributed by atoms with Gasteiger partial charge in [-0.05, 0) is 54.5 Å². The molecule has 2 aromatic rings. The van der Waals surface area contributed by atoms with Crippen LogP contribution in [-0.2, 0) is 26.7 Å². The molecular formula is C24H32N2O4S. The first kappa shape index (κ1) is 23.3. The highest BCUT2D eigenvalue weighted by molar-refractivity contribution is 7.92. The number of sulfonamides is 1. The molecule has 1 aliphatic carbocycles. The minimum Gasteiger partial charge on any atom is -0.481 e. The smallest absolute Gasteiger partial charge is 0.300 e. The predicted molar refractivity (Wildman–Crippen MR) is 124 cm³/mol. The Balaban J connectivity index is 0.000000628. The summed E-state index contributed by atoms with van der Waals surface area (Å²) in [6.07, 6.45) is 3.54. The molecule has 2 unspecified atom stereocenters. The summed E-state index contributed by atoms with van der Waals surface area (Å²) in [5, 5.41) is 7.42. The normalized spacial score (nSPS) is 24.6. The Bertz CT molecular complexity index is 991. The number of rotatable bonds is 7. The van der Waals surface area contributed by atoms with Gasteiger partial charge in [-0.1, -0.05) is 49.4 Å². The summed E-state index contributed by atoms with van der Waals surface area (Å²) >= 11 is 0. The van der Waals surface area contributed by atoms with Crippen molar-refractivity contribution >= 4 is 21.7 Å². The van der Waals surface area contributed by atoms with Gasteiger partial charge in [-0.3, -0.25) is 9.52 Å². The molecule has 0 spiro atoms. The molecule has 4 rings (SSSR count). The summed E-state index contributed by atoms with van der Waals surface area (Å²) in [7, 11) is -3.24. The second kappa shape index (κ2) is 9.40. The number of aliphatic carboxylic acids is 1. The molecular weight excluding hydrogens is 412 g/mol. The van der Waals surface area contributed by atoms with Crippen LogP contribution in [-0.4, -0.2) is 50.3 Å². The van der Waals surface area contributed by atoms with Crippen molar-refractivity contribution in [3.8, 4) is 0 Å². The van der Waals surface area contributed by atoms with Gasteiger partial charge in [0.2, 0.25) is 10.0 Å². The van der Waals surface area contributed by atoms with E-state index in [0.29, 0.717) is 17.5 Å². The van der Waals surface area contributed by atoms with Gasteiger partial charge < -0.3 is 10.0 Å². The molecule has 0 amide bonds. The van der Waals surface area contributed by atoms with E-state index >= 15 is 0 Å². The van der Waals surface area contributed by atoms with Crippen molar-refractivity contribution in [2.24, 2.45) is 11.8 Å². The van der Waals surface area contributed by atoms with Gasteiger partial charge in [0.1, 0.15) is 0 Å². The molecule has 168 valence electrons. The number of aryl methyl sites for hydroxylation is 1. The number of likely N-dealkylation sites (tertiary alicyclic amines) is 1. The highest BCUT2D eigenvalue weighted by Crippen LogP contribution is 2.63. The van der Waals surface area contributed by atoms with Gasteiger partial charge in [0, 0.05) is 31.1 Å². The number of hydrogen-bond acceptors (Lipinski definition) is 4. The number of fused-ring (bicyclic) bond motifs is 1. The molecule has 1 aliphatic heterocycles. The Kier molecular flexibility index (Phi) is 7.06. The third kappa shape index (κ3) is 6.08. The lowest BCUT2D eigenvalue weighted by molar-refractivity contribution is -0.134. The zero-order chi connectivity index (χ0) is 22.6. The zero-order valence-electron chi connectivity index (χ0n) is 18.4. The van der Waals surface area contributed by atoms with E-state index < -0.39 is 16.0 Å². The molecule has 0 radical (unpaired) electrons. The Morgan fingerprint density at radius 3 is 2.32 bits per heavy atom. The largest absolute Gasteiger partial charge is 0.481 e. The molecule has 1 saturated carbocycles. The standard InChI is InChI=1S/C22H28N2O2S.C2H4O2/c1-22(18-11-6-12-19(14-18)23-27(2,25)26)20-15-24(16-21(20)22)13-7-10-17-8-4-3-5-9-17;1-2(3)4/h3-6,8-9,11-12,14,20-21,23H,7,10,13,15-16H2,1-2H3;1H3,(H,3,4). The zero-order valence-corrected chi connectivity index (χ0v) is 19.2. The first-order valence-corrected chi connectivity index (χ1v) is 12.5. The molecule has 2 aromatic carbocycles. The van der Waals surface area contributed by atoms with E-state index in [9.17, 15) is 8.42 Å². The molecule has 7 heteroatoms. The number of carbonyl (C=O) groups is 1. The highest BCUT2D eigenvalue weighted by atomic mass is 32.2. The highest BCUT2D eigenvalue weighted by Gasteiger charge is 2.65. The van der Waals surface area contributed by atoms with Crippen LogP contribution >= 0.6 is 0 Å². The van der Waals surface area contributed by atoms with Crippen LogP contribution in [0.15, 0.2) is 54.6 Å². The van der Waals surface area contributed by atoms with Gasteiger partial charge in [0.25, 0.3) is 5.97 Å². The van der Waals surface area contributed by atoms with E-state index in [2.05, 4.69) is 52.9 Å². The van der Waals surface area contributed by atoms with Gasteiger partial charge in [-0.2, -0.15) is 0 Å². The number of benzene rings is 2. The van der Waals surface area contributed by atoms with Crippen molar-refractivity contribution < 1.29 is 18.3 Å². The van der Waals surface area contributed by atoms with Gasteiger partial charge in [-0.15, -0.1) is 0 Å². The van der Waals surface area contributed by atoms with E-state index in [4.69, 9.17) is 9.90 Å². The van der Waals surface area contributed by atoms with Gasteiger partial charge >= 0.3 is 0 Å². The molecule has 1 heterocycles. The average Bonchev–Trinajstić information content (AvgIpc) is 3.03. The maximum atomic E-state index is 11.5. The number of carboxylic acid groups (broad SMARTS) is 1. The number of nitrogens with zero attached hydrogens (tertiary/aromatic N) is 1. The SMILES string of the molecule is CC(=O)O.CC1(c2cccc(NS(C)(=O)=O)c2)C2CN(CCCc3ccccc3)CC21. The summed E-state index contributed by atoms with van der Waals surface area (Å²) in [4.78, 5) is 11.6. The molecule has 2 N–H and O–H groups in total. The minimum atomic E-state index is -3.24. The van der Waals surface area contributed by atoms with Crippen molar-refractivity contribution in [1.29, 1.82) is 0 Å². The van der Waals surface area contributed by atoms with E-state index in [1.54, 1.807) is 0 Å². The van der Waals surface area contributed by atoms with E-state index in [1.807, 2.05) is 18.2 Å². The van der Waals surface area contributed by atoms with E-state index in [-0.39, 0.29) is 5.41 Å². The molecule has 2 atom stereocenters. The summed E-state index contributed by atoms with van der Waals surface area (Å²) in [5.74, 6) is 0.533. The fourth-order valence-electron chi connectivity index (χ4n) is 4.86. The summed E-state index contributed by atoms with van der Waals surface area (Å²) in [6.45, 7) is 6.89. The van der Waals surface area contributed by atoms with Crippen LogP contribution in [0.5, 0.6) is 0 Å². The fraction of sp³-hybridized carbons (Fsp3) is 0.458. The third-order valence-electron chi connectivity index (χ3n) is 6.40. The van der Waals surface area contributed by atoms with Gasteiger partial charge in [0.15, 0.2) is 0 Å². The Hall–Kier alpha value is -2.38. The lowest BCUT2D eigenvalue weighted by Gasteiger charge is -2.24. The molecule has 1 saturated heterocycles. The summed E-state index contributed by atoms with van der Waals surface area (Å²) < 4.78 is 25.6. The first-order chi connectivity index (χ1) is 14.6. The number of nitrogens with one attached hydrogen (secondary N) is 1. The molecule has 6 nitrogen and oxygen atoms in total. The molecule has 2 fully saturated rings. The minimum absolute atomic E-state index is 0.186. The lowest BCUT2D eigenvalue weighted by Crippen LogP contribution is -2.30. The Morgan fingerprint density at radius 1 is 1.13 bits per heavy atom. The topological polar surface area (TPSA) is 86.7 Å². The maximum Gasteiger partial charge on any atom is 0.300 e. The molecule has 0 aromatic heterocycles. The van der Waals surface area contributed by atoms with Crippen molar-refractivity contribution in [3.05, 3.63) is 65.7 Å². The van der Waals surface area contributed by atoms with Gasteiger partial charge in [0.05, 0.1) is 6.26 Å². The second-order valence-corrected chi connectivity index (χ2v) is 10.6. The van der Waals surface area contributed by atoms with E-state index in [0.717, 1.165) is 33.0 Å².